The zero-order valence-electron chi connectivity index (χ0n) is 17.7. The van der Waals surface area contributed by atoms with E-state index in [2.05, 4.69) is 9.97 Å². The lowest BCUT2D eigenvalue weighted by molar-refractivity contribution is -0.132. The summed E-state index contributed by atoms with van der Waals surface area (Å²) in [5.74, 6) is 0.434. The van der Waals surface area contributed by atoms with Gasteiger partial charge in [0.15, 0.2) is 0 Å². The molecule has 166 valence electrons. The fraction of sp³-hybridized carbons (Fsp3) is 0.304. The molecule has 32 heavy (non-hydrogen) atoms. The molecule has 0 radical (unpaired) electrons. The van der Waals surface area contributed by atoms with Crippen molar-refractivity contribution in [3.05, 3.63) is 76.5 Å². The van der Waals surface area contributed by atoms with E-state index in [9.17, 15) is 9.59 Å². The molecule has 1 fully saturated rings. The summed E-state index contributed by atoms with van der Waals surface area (Å²) in [5, 5.41) is 0. The number of benzene rings is 1. The maximum Gasteiger partial charge on any atom is 0.266 e. The van der Waals surface area contributed by atoms with Crippen LogP contribution in [0.1, 0.15) is 20.8 Å². The molecule has 0 N–H and O–H groups in total. The molecule has 1 atom stereocenters. The van der Waals surface area contributed by atoms with Crippen molar-refractivity contribution < 1.29 is 19.1 Å². The van der Waals surface area contributed by atoms with E-state index >= 15 is 0 Å². The number of methoxy groups -OCH3 is 1. The van der Waals surface area contributed by atoms with Crippen molar-refractivity contribution in [3.8, 4) is 5.75 Å². The summed E-state index contributed by atoms with van der Waals surface area (Å²) in [6.45, 7) is 1.49. The lowest BCUT2D eigenvalue weighted by atomic mass is 10.2. The third-order valence-electron chi connectivity index (χ3n) is 5.20. The highest BCUT2D eigenvalue weighted by Gasteiger charge is 2.32. The fourth-order valence-electron chi connectivity index (χ4n) is 3.52. The molecule has 2 aromatic heterocycles. The van der Waals surface area contributed by atoms with Crippen molar-refractivity contribution in [2.45, 2.75) is 19.3 Å². The minimum atomic E-state index is -0.336. The predicted octanol–water partition coefficient (Wildman–Crippen LogP) is 2.62. The van der Waals surface area contributed by atoms with Crippen LogP contribution in [-0.2, 0) is 22.7 Å². The monoisotopic (exact) mass is 452 g/mol. The minimum Gasteiger partial charge on any atom is -0.497 e. The Hall–Kier alpha value is -3.30. The summed E-state index contributed by atoms with van der Waals surface area (Å²) < 4.78 is 11.4. The maximum absolute atomic E-state index is 13.1. The number of rotatable bonds is 7. The van der Waals surface area contributed by atoms with Crippen LogP contribution in [0.15, 0.2) is 60.5 Å². The SMILES string of the molecule is COc1ccc(CN2CC(OCc3cccnc3)CN(C(=O)c3cncs3)CC2=O)cc1. The van der Waals surface area contributed by atoms with Crippen molar-refractivity contribution in [3.63, 3.8) is 0 Å². The van der Waals surface area contributed by atoms with Gasteiger partial charge in [0.2, 0.25) is 5.91 Å². The quantitative estimate of drug-likeness (QED) is 0.548. The van der Waals surface area contributed by atoms with Gasteiger partial charge in [0, 0.05) is 32.0 Å². The van der Waals surface area contributed by atoms with Crippen LogP contribution in [0, 0.1) is 0 Å². The molecule has 0 saturated carbocycles. The molecule has 9 heteroatoms. The van der Waals surface area contributed by atoms with E-state index < -0.39 is 0 Å². The Morgan fingerprint density at radius 1 is 1.12 bits per heavy atom. The number of nitrogens with zero attached hydrogens (tertiary/aromatic N) is 4. The second-order valence-electron chi connectivity index (χ2n) is 7.47. The first-order valence-corrected chi connectivity index (χ1v) is 11.1. The van der Waals surface area contributed by atoms with Crippen molar-refractivity contribution >= 4 is 23.2 Å². The molecular formula is C23H24N4O4S. The van der Waals surface area contributed by atoms with E-state index in [-0.39, 0.29) is 24.5 Å². The molecule has 1 aliphatic rings. The van der Waals surface area contributed by atoms with Gasteiger partial charge in [-0.1, -0.05) is 18.2 Å². The van der Waals surface area contributed by atoms with Crippen LogP contribution in [0.25, 0.3) is 0 Å². The van der Waals surface area contributed by atoms with Crippen LogP contribution in [0.4, 0.5) is 0 Å². The van der Waals surface area contributed by atoms with E-state index in [4.69, 9.17) is 9.47 Å². The molecule has 2 amide bonds. The van der Waals surface area contributed by atoms with Gasteiger partial charge in [0.1, 0.15) is 17.2 Å². The summed E-state index contributed by atoms with van der Waals surface area (Å²) in [4.78, 5) is 37.9. The van der Waals surface area contributed by atoms with Gasteiger partial charge in [-0.25, -0.2) is 0 Å². The van der Waals surface area contributed by atoms with Gasteiger partial charge >= 0.3 is 0 Å². The highest BCUT2D eigenvalue weighted by Crippen LogP contribution is 2.19. The average molecular weight is 453 g/mol. The normalized spacial score (nSPS) is 16.7. The van der Waals surface area contributed by atoms with E-state index in [1.165, 1.54) is 17.5 Å². The molecule has 1 aliphatic heterocycles. The standard InChI is InChI=1S/C23H24N4O4S/c1-30-19-6-4-17(5-7-19)11-26-12-20(31-15-18-3-2-8-24-9-18)13-27(14-22(26)28)23(29)21-10-25-16-32-21/h2-10,16,20H,11-15H2,1H3. The average Bonchev–Trinajstić information content (AvgIpc) is 3.32. The Balaban J connectivity index is 1.51. The number of amides is 2. The molecule has 3 aromatic rings. The van der Waals surface area contributed by atoms with Crippen molar-refractivity contribution in [2.75, 3.05) is 26.7 Å². The highest BCUT2D eigenvalue weighted by atomic mass is 32.1. The Labute approximate surface area is 190 Å². The maximum atomic E-state index is 13.1. The van der Waals surface area contributed by atoms with E-state index in [1.807, 2.05) is 36.4 Å². The lowest BCUT2D eigenvalue weighted by Crippen LogP contribution is -2.39. The zero-order valence-corrected chi connectivity index (χ0v) is 18.5. The number of pyridine rings is 1. The molecule has 8 nitrogen and oxygen atoms in total. The smallest absolute Gasteiger partial charge is 0.266 e. The van der Waals surface area contributed by atoms with Gasteiger partial charge in [-0.15, -0.1) is 11.3 Å². The largest absolute Gasteiger partial charge is 0.497 e. The number of carbonyl (C=O) groups is 2. The molecule has 0 aliphatic carbocycles. The minimum absolute atomic E-state index is 0.000357. The first-order valence-electron chi connectivity index (χ1n) is 10.2. The topological polar surface area (TPSA) is 84.9 Å². The summed E-state index contributed by atoms with van der Waals surface area (Å²) in [6.07, 6.45) is 4.65. The number of hydrogen-bond donors (Lipinski definition) is 0. The highest BCUT2D eigenvalue weighted by molar-refractivity contribution is 7.11. The summed E-state index contributed by atoms with van der Waals surface area (Å²) in [6, 6.07) is 11.4. The Morgan fingerprint density at radius 2 is 1.97 bits per heavy atom. The summed E-state index contributed by atoms with van der Waals surface area (Å²) in [5.41, 5.74) is 3.52. The van der Waals surface area contributed by atoms with Gasteiger partial charge in [-0.3, -0.25) is 19.6 Å². The fourth-order valence-corrected chi connectivity index (χ4v) is 4.10. The number of ether oxygens (including phenoxy) is 2. The lowest BCUT2D eigenvalue weighted by Gasteiger charge is -2.25. The Bertz CT molecular complexity index is 1030. The van der Waals surface area contributed by atoms with Crippen LogP contribution >= 0.6 is 11.3 Å². The Morgan fingerprint density at radius 3 is 2.66 bits per heavy atom. The molecular weight excluding hydrogens is 428 g/mol. The molecule has 0 bridgehead atoms. The second kappa shape index (κ2) is 10.3. The van der Waals surface area contributed by atoms with Crippen LogP contribution in [0.2, 0.25) is 0 Å². The van der Waals surface area contributed by atoms with Crippen molar-refractivity contribution in [2.24, 2.45) is 0 Å². The van der Waals surface area contributed by atoms with Crippen LogP contribution < -0.4 is 4.74 Å². The van der Waals surface area contributed by atoms with Crippen molar-refractivity contribution in [1.82, 2.24) is 19.8 Å². The molecule has 4 rings (SSSR count). The third kappa shape index (κ3) is 5.49. The molecule has 1 aromatic carbocycles. The first kappa shape index (κ1) is 21.9. The van der Waals surface area contributed by atoms with E-state index in [0.717, 1.165) is 16.9 Å². The van der Waals surface area contributed by atoms with Gasteiger partial charge in [0.25, 0.3) is 5.91 Å². The van der Waals surface area contributed by atoms with E-state index in [1.54, 1.807) is 34.8 Å². The van der Waals surface area contributed by atoms with Gasteiger partial charge in [-0.05, 0) is 29.3 Å². The first-order chi connectivity index (χ1) is 15.6. The van der Waals surface area contributed by atoms with Crippen LogP contribution in [-0.4, -0.2) is 64.4 Å². The number of hydrogen-bond acceptors (Lipinski definition) is 7. The van der Waals surface area contributed by atoms with Crippen molar-refractivity contribution in [1.29, 1.82) is 0 Å². The second-order valence-corrected chi connectivity index (χ2v) is 8.35. The third-order valence-corrected chi connectivity index (χ3v) is 5.96. The summed E-state index contributed by atoms with van der Waals surface area (Å²) in [7, 11) is 1.62. The van der Waals surface area contributed by atoms with Gasteiger partial charge < -0.3 is 19.3 Å². The van der Waals surface area contributed by atoms with Gasteiger partial charge in [0.05, 0.1) is 31.5 Å². The molecule has 3 heterocycles. The van der Waals surface area contributed by atoms with Crippen LogP contribution in [0.3, 0.4) is 0 Å². The van der Waals surface area contributed by atoms with Gasteiger partial charge in [-0.2, -0.15) is 0 Å². The number of carbonyl (C=O) groups excluding carboxylic acids is 2. The zero-order chi connectivity index (χ0) is 22.3. The van der Waals surface area contributed by atoms with Crippen LogP contribution in [0.5, 0.6) is 5.75 Å². The predicted molar refractivity (Wildman–Crippen MR) is 119 cm³/mol. The Kier molecular flexibility index (Phi) is 7.08. The number of aromatic nitrogens is 2. The summed E-state index contributed by atoms with van der Waals surface area (Å²) >= 11 is 1.26. The number of thiazole rings is 1. The molecule has 1 unspecified atom stereocenters. The molecule has 0 spiro atoms. The molecule has 1 saturated heterocycles. The van der Waals surface area contributed by atoms with E-state index in [0.29, 0.717) is 31.1 Å².